The Morgan fingerprint density at radius 3 is 2.42 bits per heavy atom. The van der Waals surface area contributed by atoms with E-state index in [9.17, 15) is 29.6 Å². The second-order valence-corrected chi connectivity index (χ2v) is 8.05. The Balaban J connectivity index is 1.78. The molecule has 0 spiro atoms. The monoisotopic (exact) mass is 428 g/mol. The molecule has 1 aromatic carbocycles. The number of carbonyl (C=O) groups excluding carboxylic acids is 1. The van der Waals surface area contributed by atoms with Gasteiger partial charge in [0.25, 0.3) is 5.69 Å². The van der Waals surface area contributed by atoms with E-state index in [1.165, 1.54) is 12.3 Å². The Bertz CT molecular complexity index is 1130. The Morgan fingerprint density at radius 2 is 1.87 bits per heavy atom. The number of rotatable bonds is 6. The molecule has 0 unspecified atom stereocenters. The molecule has 1 saturated heterocycles. The van der Waals surface area contributed by atoms with Gasteiger partial charge in [0.15, 0.2) is 0 Å². The number of hydrogen-bond donors (Lipinski definition) is 1. The van der Waals surface area contributed by atoms with Crippen LogP contribution in [0.1, 0.15) is 49.0 Å². The molecule has 4 rings (SSSR count). The number of hydrogen-bond acceptors (Lipinski definition) is 6. The first-order chi connectivity index (χ1) is 14.8. The number of anilines is 1. The molecule has 0 bridgehead atoms. The van der Waals surface area contributed by atoms with Gasteiger partial charge < -0.3 is 19.5 Å². The van der Waals surface area contributed by atoms with Crippen molar-refractivity contribution >= 4 is 34.2 Å². The first-order valence-electron chi connectivity index (χ1n) is 10.4. The van der Waals surface area contributed by atoms with Crippen LogP contribution in [0.25, 0.3) is 10.9 Å². The summed E-state index contributed by atoms with van der Waals surface area (Å²) >= 11 is 0. The minimum Gasteiger partial charge on any atom is -0.477 e. The van der Waals surface area contributed by atoms with Crippen LogP contribution in [0.15, 0.2) is 23.1 Å². The Kier molecular flexibility index (Phi) is 5.38. The third kappa shape index (κ3) is 3.85. The third-order valence-corrected chi connectivity index (χ3v) is 5.93. The fourth-order valence-electron chi connectivity index (χ4n) is 4.15. The highest BCUT2D eigenvalue weighted by atomic mass is 16.6. The van der Waals surface area contributed by atoms with Crippen molar-refractivity contribution in [2.75, 3.05) is 31.1 Å². The molecule has 1 aliphatic heterocycles. The number of carbonyl (C=O) groups is 2. The first kappa shape index (κ1) is 20.8. The highest BCUT2D eigenvalue weighted by Gasteiger charge is 2.31. The number of nitro groups is 1. The molecule has 0 radical (unpaired) electrons. The highest BCUT2D eigenvalue weighted by Crippen LogP contribution is 2.39. The van der Waals surface area contributed by atoms with Crippen molar-refractivity contribution < 1.29 is 19.6 Å². The zero-order valence-electron chi connectivity index (χ0n) is 17.2. The van der Waals surface area contributed by atoms with Gasteiger partial charge in [0.2, 0.25) is 11.3 Å². The van der Waals surface area contributed by atoms with Crippen LogP contribution in [0, 0.1) is 10.1 Å². The molecule has 1 saturated carbocycles. The van der Waals surface area contributed by atoms with Crippen LogP contribution in [0.4, 0.5) is 11.4 Å². The maximum atomic E-state index is 12.7. The quantitative estimate of drug-likeness (QED) is 0.553. The minimum atomic E-state index is -1.35. The van der Waals surface area contributed by atoms with Crippen LogP contribution in [0.2, 0.25) is 0 Å². The highest BCUT2D eigenvalue weighted by molar-refractivity contribution is 5.95. The molecule has 1 aromatic heterocycles. The zero-order chi connectivity index (χ0) is 22.3. The summed E-state index contributed by atoms with van der Waals surface area (Å²) in [4.78, 5) is 51.3. The number of aromatic nitrogens is 1. The van der Waals surface area contributed by atoms with Crippen molar-refractivity contribution in [1.82, 2.24) is 9.47 Å². The number of piperazine rings is 1. The summed E-state index contributed by atoms with van der Waals surface area (Å²) in [6, 6.07) is 2.91. The maximum Gasteiger partial charge on any atom is 0.341 e. The average molecular weight is 428 g/mol. The van der Waals surface area contributed by atoms with E-state index in [0.717, 1.165) is 19.3 Å². The molecule has 2 aliphatic rings. The van der Waals surface area contributed by atoms with Gasteiger partial charge in [-0.25, -0.2) is 4.79 Å². The van der Waals surface area contributed by atoms with E-state index >= 15 is 0 Å². The van der Waals surface area contributed by atoms with Crippen molar-refractivity contribution in [3.63, 3.8) is 0 Å². The lowest BCUT2D eigenvalue weighted by atomic mass is 10.1. The van der Waals surface area contributed by atoms with Crippen LogP contribution in [0.5, 0.6) is 0 Å². The molecule has 10 nitrogen and oxygen atoms in total. The number of amides is 1. The Hall–Kier alpha value is -3.43. The minimum absolute atomic E-state index is 0.0407. The number of pyridine rings is 1. The predicted molar refractivity (Wildman–Crippen MR) is 114 cm³/mol. The largest absolute Gasteiger partial charge is 0.477 e. The zero-order valence-corrected chi connectivity index (χ0v) is 17.2. The third-order valence-electron chi connectivity index (χ3n) is 5.93. The lowest BCUT2D eigenvalue weighted by Crippen LogP contribution is -2.48. The van der Waals surface area contributed by atoms with Gasteiger partial charge in [-0.05, 0) is 25.3 Å². The SMILES string of the molecule is CCCC(=O)N1CCN(c2cc3c(cc2[N+](=O)[O-])c(=O)c(C(=O)O)cn3C2CC2)CC1. The number of aromatic carboxylic acids is 1. The summed E-state index contributed by atoms with van der Waals surface area (Å²) in [5, 5.41) is 21.3. The van der Waals surface area contributed by atoms with E-state index in [1.54, 1.807) is 15.5 Å². The van der Waals surface area contributed by atoms with Crippen molar-refractivity contribution in [2.24, 2.45) is 0 Å². The Morgan fingerprint density at radius 1 is 1.19 bits per heavy atom. The summed E-state index contributed by atoms with van der Waals surface area (Å²) in [7, 11) is 0. The van der Waals surface area contributed by atoms with Gasteiger partial charge in [-0.1, -0.05) is 6.92 Å². The number of carboxylic acid groups (broad SMARTS) is 1. The van der Waals surface area contributed by atoms with Gasteiger partial charge in [-0.15, -0.1) is 0 Å². The fraction of sp³-hybridized carbons (Fsp3) is 0.476. The predicted octanol–water partition coefficient (Wildman–Crippen LogP) is 2.39. The first-order valence-corrected chi connectivity index (χ1v) is 10.4. The summed E-state index contributed by atoms with van der Waals surface area (Å²) in [6.07, 6.45) is 4.33. The van der Waals surface area contributed by atoms with Crippen molar-refractivity contribution in [3.05, 3.63) is 44.2 Å². The van der Waals surface area contributed by atoms with E-state index in [4.69, 9.17) is 0 Å². The average Bonchev–Trinajstić information content (AvgIpc) is 3.58. The van der Waals surface area contributed by atoms with Crippen LogP contribution >= 0.6 is 0 Å². The second-order valence-electron chi connectivity index (χ2n) is 8.05. The summed E-state index contributed by atoms with van der Waals surface area (Å²) < 4.78 is 1.76. The summed E-state index contributed by atoms with van der Waals surface area (Å²) in [5.41, 5.74) is -0.448. The van der Waals surface area contributed by atoms with Gasteiger partial charge in [0, 0.05) is 50.9 Å². The molecule has 1 aliphatic carbocycles. The van der Waals surface area contributed by atoms with Gasteiger partial charge >= 0.3 is 5.97 Å². The number of nitrogens with zero attached hydrogens (tertiary/aromatic N) is 4. The summed E-state index contributed by atoms with van der Waals surface area (Å²) in [6.45, 7) is 3.79. The van der Waals surface area contributed by atoms with E-state index in [-0.39, 0.29) is 28.6 Å². The van der Waals surface area contributed by atoms with E-state index in [0.29, 0.717) is 43.8 Å². The number of nitro benzene ring substituents is 1. The van der Waals surface area contributed by atoms with Crippen molar-refractivity contribution in [2.45, 2.75) is 38.6 Å². The second kappa shape index (κ2) is 8.01. The molecule has 2 aromatic rings. The van der Waals surface area contributed by atoms with Crippen molar-refractivity contribution in [1.29, 1.82) is 0 Å². The molecule has 164 valence electrons. The van der Waals surface area contributed by atoms with Crippen LogP contribution < -0.4 is 10.3 Å². The van der Waals surface area contributed by atoms with Gasteiger partial charge in [0.1, 0.15) is 11.3 Å². The molecular formula is C21H24N4O6. The lowest BCUT2D eigenvalue weighted by Gasteiger charge is -2.36. The standard InChI is InChI=1S/C21H24N4O6/c1-2-3-19(26)23-8-6-22(7-9-23)17-11-16-14(10-18(17)25(30)31)20(27)15(21(28)29)12-24(16)13-4-5-13/h10-13H,2-9H2,1H3,(H,28,29). The van der Waals surface area contributed by atoms with Gasteiger partial charge in [0.05, 0.1) is 15.8 Å². The maximum absolute atomic E-state index is 12.7. The Labute approximate surface area is 177 Å². The number of fused-ring (bicyclic) bond motifs is 1. The topological polar surface area (TPSA) is 126 Å². The van der Waals surface area contributed by atoms with Crippen molar-refractivity contribution in [3.8, 4) is 0 Å². The van der Waals surface area contributed by atoms with Crippen LogP contribution in [-0.4, -0.2) is 57.6 Å². The molecule has 0 atom stereocenters. The fourth-order valence-corrected chi connectivity index (χ4v) is 4.15. The van der Waals surface area contributed by atoms with Crippen LogP contribution in [-0.2, 0) is 4.79 Å². The molecule has 1 amide bonds. The molecule has 10 heteroatoms. The lowest BCUT2D eigenvalue weighted by molar-refractivity contribution is -0.384. The van der Waals surface area contributed by atoms with Gasteiger partial charge in [-0.2, -0.15) is 0 Å². The molecular weight excluding hydrogens is 404 g/mol. The van der Waals surface area contributed by atoms with Gasteiger partial charge in [-0.3, -0.25) is 19.7 Å². The summed E-state index contributed by atoms with van der Waals surface area (Å²) in [5.74, 6) is -1.26. The van der Waals surface area contributed by atoms with E-state index < -0.39 is 16.3 Å². The van der Waals surface area contributed by atoms with Crippen LogP contribution in [0.3, 0.4) is 0 Å². The van der Waals surface area contributed by atoms with E-state index in [2.05, 4.69) is 0 Å². The smallest absolute Gasteiger partial charge is 0.341 e. The molecule has 2 fully saturated rings. The normalized spacial score (nSPS) is 16.5. The molecule has 2 heterocycles. The van der Waals surface area contributed by atoms with E-state index in [1.807, 2.05) is 11.8 Å². The number of benzene rings is 1. The molecule has 1 N–H and O–H groups in total. The molecule has 31 heavy (non-hydrogen) atoms. The number of carboxylic acids is 1.